The fraction of sp³-hybridized carbons (Fsp3) is 0.400. The highest BCUT2D eigenvalue weighted by Crippen LogP contribution is 2.22. The first kappa shape index (κ1) is 9.07. The average molecular weight is 165 g/mol. The molecule has 0 aromatic carbocycles. The highest BCUT2D eigenvalue weighted by Gasteiger charge is 2.06. The molecule has 0 aliphatic rings. The van der Waals surface area contributed by atoms with Crippen LogP contribution >= 0.6 is 0 Å². The summed E-state index contributed by atoms with van der Waals surface area (Å²) in [7, 11) is 0. The first-order chi connectivity index (χ1) is 5.65. The third-order valence-corrected chi connectivity index (χ3v) is 1.87. The molecule has 0 aliphatic heterocycles. The van der Waals surface area contributed by atoms with E-state index in [1.165, 1.54) is 0 Å². The number of furan rings is 1. The van der Waals surface area contributed by atoms with E-state index in [0.717, 1.165) is 29.1 Å². The van der Waals surface area contributed by atoms with Crippen molar-refractivity contribution in [3.8, 4) is 0 Å². The van der Waals surface area contributed by atoms with Crippen LogP contribution in [0.2, 0.25) is 0 Å². The van der Waals surface area contributed by atoms with Gasteiger partial charge in [0.1, 0.15) is 11.5 Å². The summed E-state index contributed by atoms with van der Waals surface area (Å²) in [6, 6.07) is 2.01. The zero-order valence-corrected chi connectivity index (χ0v) is 7.68. The summed E-state index contributed by atoms with van der Waals surface area (Å²) in [5.74, 6) is 1.87. The Hall–Kier alpha value is -1.02. The monoisotopic (exact) mass is 165 g/mol. The Balaban J connectivity index is 2.87. The molecular formula is C10H15NO. The van der Waals surface area contributed by atoms with Crippen molar-refractivity contribution in [2.24, 2.45) is 5.73 Å². The molecule has 2 nitrogen and oxygen atoms in total. The average Bonchev–Trinajstić information content (AvgIpc) is 2.30. The van der Waals surface area contributed by atoms with E-state index in [0.29, 0.717) is 6.54 Å². The zero-order chi connectivity index (χ0) is 9.14. The van der Waals surface area contributed by atoms with E-state index in [-0.39, 0.29) is 0 Å². The molecule has 1 aromatic rings. The maximum absolute atomic E-state index is 5.43. The van der Waals surface area contributed by atoms with Crippen molar-refractivity contribution in [3.05, 3.63) is 29.7 Å². The molecule has 66 valence electrons. The van der Waals surface area contributed by atoms with E-state index in [9.17, 15) is 0 Å². The summed E-state index contributed by atoms with van der Waals surface area (Å²) in [5.41, 5.74) is 7.60. The third kappa shape index (κ3) is 1.77. The van der Waals surface area contributed by atoms with Crippen LogP contribution in [0.4, 0.5) is 0 Å². The molecule has 0 saturated carbocycles. The Kier molecular flexibility index (Phi) is 2.71. The van der Waals surface area contributed by atoms with Gasteiger partial charge in [-0.1, -0.05) is 6.58 Å². The Bertz CT molecular complexity index is 286. The molecular weight excluding hydrogens is 150 g/mol. The molecule has 2 heteroatoms. The minimum absolute atomic E-state index is 0.641. The molecule has 0 fully saturated rings. The van der Waals surface area contributed by atoms with Gasteiger partial charge >= 0.3 is 0 Å². The lowest BCUT2D eigenvalue weighted by molar-refractivity contribution is 0.504. The molecule has 0 bridgehead atoms. The van der Waals surface area contributed by atoms with Crippen molar-refractivity contribution in [3.63, 3.8) is 0 Å². The van der Waals surface area contributed by atoms with Crippen molar-refractivity contribution >= 4 is 5.57 Å². The molecule has 0 aliphatic carbocycles. The summed E-state index contributed by atoms with van der Waals surface area (Å²) in [6.07, 6.45) is 0.833. The van der Waals surface area contributed by atoms with Gasteiger partial charge in [-0.25, -0.2) is 0 Å². The van der Waals surface area contributed by atoms with Gasteiger partial charge in [0.05, 0.1) is 0 Å². The van der Waals surface area contributed by atoms with Crippen LogP contribution < -0.4 is 5.73 Å². The van der Waals surface area contributed by atoms with Gasteiger partial charge in [0.15, 0.2) is 0 Å². The predicted molar refractivity (Wildman–Crippen MR) is 50.9 cm³/mol. The quantitative estimate of drug-likeness (QED) is 0.746. The van der Waals surface area contributed by atoms with Crippen LogP contribution in [0, 0.1) is 13.8 Å². The molecule has 0 spiro atoms. The number of rotatable bonds is 3. The smallest absolute Gasteiger partial charge is 0.108 e. The lowest BCUT2D eigenvalue weighted by Gasteiger charge is -2.00. The number of nitrogens with two attached hydrogens (primary N) is 1. The highest BCUT2D eigenvalue weighted by molar-refractivity contribution is 5.65. The molecule has 0 saturated heterocycles. The fourth-order valence-corrected chi connectivity index (χ4v) is 1.29. The van der Waals surface area contributed by atoms with Crippen LogP contribution in [0.3, 0.4) is 0 Å². The van der Waals surface area contributed by atoms with Crippen LogP contribution in [-0.2, 0) is 0 Å². The van der Waals surface area contributed by atoms with Gasteiger partial charge in [0, 0.05) is 5.56 Å². The summed E-state index contributed by atoms with van der Waals surface area (Å²) < 4.78 is 5.38. The summed E-state index contributed by atoms with van der Waals surface area (Å²) in [6.45, 7) is 8.48. The molecule has 1 heterocycles. The molecule has 12 heavy (non-hydrogen) atoms. The molecule has 0 atom stereocenters. The maximum Gasteiger partial charge on any atom is 0.108 e. The van der Waals surface area contributed by atoms with Gasteiger partial charge in [-0.3, -0.25) is 0 Å². The number of hydrogen-bond acceptors (Lipinski definition) is 2. The molecule has 1 rings (SSSR count). The van der Waals surface area contributed by atoms with Crippen LogP contribution in [0.1, 0.15) is 23.5 Å². The first-order valence-corrected chi connectivity index (χ1v) is 4.10. The van der Waals surface area contributed by atoms with Crippen molar-refractivity contribution < 1.29 is 4.42 Å². The summed E-state index contributed by atoms with van der Waals surface area (Å²) in [5, 5.41) is 0. The topological polar surface area (TPSA) is 39.2 Å². The molecule has 1 aromatic heterocycles. The van der Waals surface area contributed by atoms with Gasteiger partial charge in [-0.05, 0) is 38.5 Å². The Morgan fingerprint density at radius 2 is 2.25 bits per heavy atom. The van der Waals surface area contributed by atoms with E-state index in [1.807, 2.05) is 19.9 Å². The second kappa shape index (κ2) is 3.59. The minimum atomic E-state index is 0.641. The SMILES string of the molecule is C=C(CCN)c1cc(C)oc1C. The van der Waals surface area contributed by atoms with E-state index >= 15 is 0 Å². The Morgan fingerprint density at radius 3 is 2.67 bits per heavy atom. The first-order valence-electron chi connectivity index (χ1n) is 4.10. The van der Waals surface area contributed by atoms with Crippen molar-refractivity contribution in [2.75, 3.05) is 6.54 Å². The second-order valence-electron chi connectivity index (χ2n) is 2.97. The molecule has 0 unspecified atom stereocenters. The zero-order valence-electron chi connectivity index (χ0n) is 7.68. The van der Waals surface area contributed by atoms with Crippen molar-refractivity contribution in [1.82, 2.24) is 0 Å². The largest absolute Gasteiger partial charge is 0.466 e. The molecule has 0 radical (unpaired) electrons. The van der Waals surface area contributed by atoms with Gasteiger partial charge in [0.25, 0.3) is 0 Å². The number of aryl methyl sites for hydroxylation is 2. The maximum atomic E-state index is 5.43. The molecule has 0 amide bonds. The molecule has 2 N–H and O–H groups in total. The van der Waals surface area contributed by atoms with Crippen LogP contribution in [0.5, 0.6) is 0 Å². The predicted octanol–water partition coefficient (Wildman–Crippen LogP) is 2.26. The van der Waals surface area contributed by atoms with Gasteiger partial charge in [-0.2, -0.15) is 0 Å². The van der Waals surface area contributed by atoms with E-state index < -0.39 is 0 Å². The van der Waals surface area contributed by atoms with Gasteiger partial charge in [0.2, 0.25) is 0 Å². The Labute approximate surface area is 73.1 Å². The van der Waals surface area contributed by atoms with Crippen LogP contribution in [0.25, 0.3) is 5.57 Å². The summed E-state index contributed by atoms with van der Waals surface area (Å²) >= 11 is 0. The Morgan fingerprint density at radius 1 is 1.58 bits per heavy atom. The third-order valence-electron chi connectivity index (χ3n) is 1.87. The second-order valence-corrected chi connectivity index (χ2v) is 2.97. The lowest BCUT2D eigenvalue weighted by Crippen LogP contribution is -1.99. The standard InChI is InChI=1S/C10H15NO/c1-7(4-5-11)10-6-8(2)12-9(10)3/h6H,1,4-5,11H2,2-3H3. The van der Waals surface area contributed by atoms with Crippen LogP contribution in [-0.4, -0.2) is 6.54 Å². The summed E-state index contributed by atoms with van der Waals surface area (Å²) in [4.78, 5) is 0. The van der Waals surface area contributed by atoms with E-state index in [2.05, 4.69) is 6.58 Å². The number of hydrogen-bond donors (Lipinski definition) is 1. The van der Waals surface area contributed by atoms with Crippen molar-refractivity contribution in [1.29, 1.82) is 0 Å². The lowest BCUT2D eigenvalue weighted by atomic mass is 10.1. The van der Waals surface area contributed by atoms with E-state index in [4.69, 9.17) is 10.2 Å². The normalized spacial score (nSPS) is 10.2. The fourth-order valence-electron chi connectivity index (χ4n) is 1.29. The van der Waals surface area contributed by atoms with Crippen LogP contribution in [0.15, 0.2) is 17.1 Å². The van der Waals surface area contributed by atoms with E-state index in [1.54, 1.807) is 0 Å². The van der Waals surface area contributed by atoms with Gasteiger partial charge in [-0.15, -0.1) is 0 Å². The highest BCUT2D eigenvalue weighted by atomic mass is 16.3. The minimum Gasteiger partial charge on any atom is -0.466 e. The van der Waals surface area contributed by atoms with Crippen molar-refractivity contribution in [2.45, 2.75) is 20.3 Å². The van der Waals surface area contributed by atoms with Gasteiger partial charge < -0.3 is 10.2 Å².